The summed E-state index contributed by atoms with van der Waals surface area (Å²) in [5.41, 5.74) is 0.909. The second kappa shape index (κ2) is 6.12. The van der Waals surface area contributed by atoms with E-state index in [0.717, 1.165) is 17.5 Å². The lowest BCUT2D eigenvalue weighted by molar-refractivity contribution is 0.264. The summed E-state index contributed by atoms with van der Waals surface area (Å²) in [6.45, 7) is 4.57. The highest BCUT2D eigenvalue weighted by molar-refractivity contribution is 7.90. The van der Waals surface area contributed by atoms with E-state index in [9.17, 15) is 8.42 Å². The predicted molar refractivity (Wildman–Crippen MR) is 81.6 cm³/mol. The van der Waals surface area contributed by atoms with Gasteiger partial charge in [-0.2, -0.15) is 0 Å². The molecule has 1 aliphatic carbocycles. The van der Waals surface area contributed by atoms with E-state index in [4.69, 9.17) is 0 Å². The van der Waals surface area contributed by atoms with Gasteiger partial charge in [0.25, 0.3) is 0 Å². The molecule has 0 bridgehead atoms. The van der Waals surface area contributed by atoms with Crippen LogP contribution in [0.4, 0.5) is 5.69 Å². The van der Waals surface area contributed by atoms with Gasteiger partial charge >= 0.3 is 0 Å². The van der Waals surface area contributed by atoms with E-state index in [-0.39, 0.29) is 5.03 Å². The van der Waals surface area contributed by atoms with Gasteiger partial charge in [-0.15, -0.1) is 0 Å². The average molecular weight is 296 g/mol. The predicted octanol–water partition coefficient (Wildman–Crippen LogP) is 3.11. The third-order valence-corrected chi connectivity index (χ3v) is 5.15. The van der Waals surface area contributed by atoms with Crippen molar-refractivity contribution in [3.63, 3.8) is 0 Å². The van der Waals surface area contributed by atoms with Crippen molar-refractivity contribution >= 4 is 15.5 Å². The monoisotopic (exact) mass is 296 g/mol. The van der Waals surface area contributed by atoms with E-state index in [0.29, 0.717) is 6.04 Å². The molecule has 2 rings (SSSR count). The largest absolute Gasteiger partial charge is 0.381 e. The first-order valence-corrected chi connectivity index (χ1v) is 9.18. The van der Waals surface area contributed by atoms with E-state index in [2.05, 4.69) is 24.1 Å². The Hall–Kier alpha value is -1.10. The lowest BCUT2D eigenvalue weighted by atomic mass is 9.79. The van der Waals surface area contributed by atoms with Crippen LogP contribution >= 0.6 is 0 Å². The minimum absolute atomic E-state index is 0.131. The number of aromatic nitrogens is 1. The number of hydrogen-bond donors (Lipinski definition) is 1. The van der Waals surface area contributed by atoms with Gasteiger partial charge in [-0.3, -0.25) is 0 Å². The summed E-state index contributed by atoms with van der Waals surface area (Å²) in [5, 5.41) is 3.62. The Bertz CT molecular complexity index is 537. The molecular weight excluding hydrogens is 272 g/mol. The molecule has 1 N–H and O–H groups in total. The number of pyridine rings is 1. The maximum atomic E-state index is 11.4. The van der Waals surface area contributed by atoms with Crippen molar-refractivity contribution in [2.75, 3.05) is 11.6 Å². The Morgan fingerprint density at radius 3 is 2.60 bits per heavy atom. The maximum Gasteiger partial charge on any atom is 0.192 e. The molecule has 0 aliphatic heterocycles. The van der Waals surface area contributed by atoms with E-state index in [1.54, 1.807) is 12.3 Å². The van der Waals surface area contributed by atoms with Crippen molar-refractivity contribution in [1.29, 1.82) is 0 Å². The standard InChI is InChI=1S/C15H24N2O2S/c1-11(2)12-5-4-6-13(9-12)17-14-7-8-15(16-10-14)20(3,18)19/h7-8,10-13,17H,4-6,9H2,1-3H3. The number of anilines is 1. The van der Waals surface area contributed by atoms with E-state index in [1.807, 2.05) is 6.07 Å². The van der Waals surface area contributed by atoms with E-state index in [1.165, 1.54) is 31.9 Å². The third kappa shape index (κ3) is 3.95. The minimum atomic E-state index is -3.21. The smallest absolute Gasteiger partial charge is 0.192 e. The van der Waals surface area contributed by atoms with Crippen LogP contribution in [0.15, 0.2) is 23.4 Å². The van der Waals surface area contributed by atoms with Crippen LogP contribution in [0.3, 0.4) is 0 Å². The van der Waals surface area contributed by atoms with Crippen molar-refractivity contribution in [1.82, 2.24) is 4.98 Å². The Kier molecular flexibility index (Phi) is 4.68. The maximum absolute atomic E-state index is 11.4. The van der Waals surface area contributed by atoms with E-state index >= 15 is 0 Å². The molecule has 0 spiro atoms. The number of sulfone groups is 1. The molecule has 0 radical (unpaired) electrons. The van der Waals surface area contributed by atoms with Crippen molar-refractivity contribution in [2.45, 2.75) is 50.6 Å². The van der Waals surface area contributed by atoms with Crippen LogP contribution in [0.1, 0.15) is 39.5 Å². The molecule has 5 heteroatoms. The molecule has 1 aromatic rings. The number of nitrogens with zero attached hydrogens (tertiary/aromatic N) is 1. The van der Waals surface area contributed by atoms with Crippen LogP contribution in [0.25, 0.3) is 0 Å². The highest BCUT2D eigenvalue weighted by Gasteiger charge is 2.24. The van der Waals surface area contributed by atoms with E-state index < -0.39 is 9.84 Å². The molecule has 1 fully saturated rings. The third-order valence-electron chi connectivity index (χ3n) is 4.14. The van der Waals surface area contributed by atoms with Gasteiger partial charge in [0.15, 0.2) is 14.9 Å². The zero-order chi connectivity index (χ0) is 14.8. The van der Waals surface area contributed by atoms with Crippen molar-refractivity contribution in [3.8, 4) is 0 Å². The average Bonchev–Trinajstić information content (AvgIpc) is 2.38. The van der Waals surface area contributed by atoms with Gasteiger partial charge in [-0.05, 0) is 36.8 Å². The summed E-state index contributed by atoms with van der Waals surface area (Å²) >= 11 is 0. The minimum Gasteiger partial charge on any atom is -0.381 e. The molecule has 1 saturated carbocycles. The number of hydrogen-bond acceptors (Lipinski definition) is 4. The Morgan fingerprint density at radius 2 is 2.05 bits per heavy atom. The van der Waals surface area contributed by atoms with Crippen LogP contribution in [-0.2, 0) is 9.84 Å². The normalized spacial score (nSPS) is 23.8. The highest BCUT2D eigenvalue weighted by atomic mass is 32.2. The van der Waals surface area contributed by atoms with Gasteiger partial charge in [0.2, 0.25) is 0 Å². The first kappa shape index (κ1) is 15.3. The fourth-order valence-electron chi connectivity index (χ4n) is 2.88. The summed E-state index contributed by atoms with van der Waals surface area (Å²) in [4.78, 5) is 4.02. The van der Waals surface area contributed by atoms with Crippen LogP contribution in [0, 0.1) is 11.8 Å². The molecule has 1 heterocycles. The lowest BCUT2D eigenvalue weighted by Gasteiger charge is -2.32. The van der Waals surface area contributed by atoms with Gasteiger partial charge in [-0.25, -0.2) is 13.4 Å². The zero-order valence-electron chi connectivity index (χ0n) is 12.5. The fourth-order valence-corrected chi connectivity index (χ4v) is 3.44. The highest BCUT2D eigenvalue weighted by Crippen LogP contribution is 2.31. The van der Waals surface area contributed by atoms with Crippen LogP contribution < -0.4 is 5.32 Å². The number of nitrogens with one attached hydrogen (secondary N) is 1. The molecule has 20 heavy (non-hydrogen) atoms. The SMILES string of the molecule is CC(C)C1CCCC(Nc2ccc(S(C)(=O)=O)nc2)C1. The quantitative estimate of drug-likeness (QED) is 0.927. The molecular formula is C15H24N2O2S. The molecule has 2 unspecified atom stereocenters. The molecule has 0 saturated heterocycles. The molecule has 0 aromatic carbocycles. The van der Waals surface area contributed by atoms with Crippen molar-refractivity contribution < 1.29 is 8.42 Å². The van der Waals surface area contributed by atoms with Crippen molar-refractivity contribution in [3.05, 3.63) is 18.3 Å². The van der Waals surface area contributed by atoms with Crippen LogP contribution in [0.5, 0.6) is 0 Å². The summed E-state index contributed by atoms with van der Waals surface area (Å²) in [5.74, 6) is 1.51. The first-order valence-electron chi connectivity index (χ1n) is 7.29. The van der Waals surface area contributed by atoms with Gasteiger partial charge in [0.1, 0.15) is 0 Å². The summed E-state index contributed by atoms with van der Waals surface area (Å²) < 4.78 is 22.7. The fraction of sp³-hybridized carbons (Fsp3) is 0.667. The summed E-state index contributed by atoms with van der Waals surface area (Å²) in [6.07, 6.45) is 7.74. The second-order valence-electron chi connectivity index (χ2n) is 6.17. The van der Waals surface area contributed by atoms with Gasteiger partial charge < -0.3 is 5.32 Å². The Labute approximate surface area is 121 Å². The Balaban J connectivity index is 2.00. The summed E-state index contributed by atoms with van der Waals surface area (Å²) in [7, 11) is -3.21. The second-order valence-corrected chi connectivity index (χ2v) is 8.13. The molecule has 112 valence electrons. The summed E-state index contributed by atoms with van der Waals surface area (Å²) in [6, 6.07) is 3.85. The lowest BCUT2D eigenvalue weighted by Crippen LogP contribution is -2.29. The van der Waals surface area contributed by atoms with Crippen LogP contribution in [-0.4, -0.2) is 25.7 Å². The Morgan fingerprint density at radius 1 is 1.30 bits per heavy atom. The van der Waals surface area contributed by atoms with Gasteiger partial charge in [0.05, 0.1) is 11.9 Å². The molecule has 2 atom stereocenters. The van der Waals surface area contributed by atoms with Gasteiger partial charge in [0, 0.05) is 12.3 Å². The molecule has 1 aliphatic rings. The topological polar surface area (TPSA) is 59.1 Å². The van der Waals surface area contributed by atoms with Crippen molar-refractivity contribution in [2.24, 2.45) is 11.8 Å². The molecule has 1 aromatic heterocycles. The van der Waals surface area contributed by atoms with Crippen LogP contribution in [0.2, 0.25) is 0 Å². The first-order chi connectivity index (χ1) is 9.36. The molecule has 4 nitrogen and oxygen atoms in total. The number of rotatable bonds is 4. The molecule has 0 amide bonds. The zero-order valence-corrected chi connectivity index (χ0v) is 13.3. The van der Waals surface area contributed by atoms with Gasteiger partial charge in [-0.1, -0.05) is 26.7 Å².